The van der Waals surface area contributed by atoms with E-state index in [1.54, 1.807) is 12.4 Å². The molecule has 57 heavy (non-hydrogen) atoms. The highest BCUT2D eigenvalue weighted by Gasteiger charge is 2.53. The molecule has 296 valence electrons. The number of allylic oxidation sites excluding steroid dienone is 2. The van der Waals surface area contributed by atoms with E-state index in [4.69, 9.17) is 19.0 Å². The summed E-state index contributed by atoms with van der Waals surface area (Å²) in [6.45, 7) is 10.1. The zero-order valence-corrected chi connectivity index (χ0v) is 35.1. The second-order valence-electron chi connectivity index (χ2n) is 17.3. The molecule has 1 saturated heterocycles. The predicted octanol–water partition coefficient (Wildman–Crippen LogP) is 8.21. The molecule has 1 aliphatic heterocycles. The monoisotopic (exact) mass is 800 g/mol. The molecule has 0 radical (unpaired) electrons. The van der Waals surface area contributed by atoms with Crippen LogP contribution >= 0.6 is 0 Å². The van der Waals surface area contributed by atoms with Gasteiger partial charge in [-0.2, -0.15) is 5.10 Å². The Morgan fingerprint density at radius 1 is 0.912 bits per heavy atom. The van der Waals surface area contributed by atoms with E-state index in [-0.39, 0.29) is 17.1 Å². The number of nitrogens with zero attached hydrogens (tertiary/aromatic N) is 4. The third-order valence-corrected chi connectivity index (χ3v) is 19.9. The van der Waals surface area contributed by atoms with Crippen LogP contribution in [0.4, 0.5) is 0 Å². The summed E-state index contributed by atoms with van der Waals surface area (Å²) in [5.74, 6) is 1.06. The van der Waals surface area contributed by atoms with Crippen LogP contribution in [0.1, 0.15) is 83.9 Å². The van der Waals surface area contributed by atoms with Gasteiger partial charge in [0.1, 0.15) is 16.2 Å². The van der Waals surface area contributed by atoms with Crippen molar-refractivity contribution in [2.75, 3.05) is 13.2 Å². The van der Waals surface area contributed by atoms with Crippen molar-refractivity contribution in [1.82, 2.24) is 18.7 Å². The lowest BCUT2D eigenvalue weighted by Gasteiger charge is -2.45. The molecule has 0 N–H and O–H groups in total. The lowest BCUT2D eigenvalue weighted by atomic mass is 9.82. The maximum atomic E-state index is 15.1. The van der Waals surface area contributed by atoms with E-state index >= 15 is 8.42 Å². The summed E-state index contributed by atoms with van der Waals surface area (Å²) >= 11 is 0. The summed E-state index contributed by atoms with van der Waals surface area (Å²) in [5.41, 5.74) is 2.40. The van der Waals surface area contributed by atoms with Crippen molar-refractivity contribution in [3.63, 3.8) is 0 Å². The molecule has 3 aliphatic carbocycles. The number of pyridine rings is 1. The molecular weight excluding hydrogens is 749 g/mol. The van der Waals surface area contributed by atoms with Gasteiger partial charge in [0.25, 0.3) is 8.32 Å². The zero-order valence-electron chi connectivity index (χ0n) is 33.3. The first-order chi connectivity index (χ1) is 27.5. The van der Waals surface area contributed by atoms with Crippen molar-refractivity contribution < 1.29 is 22.3 Å². The first kappa shape index (κ1) is 38.0. The molecule has 4 heterocycles. The lowest BCUT2D eigenvalue weighted by molar-refractivity contribution is 0.0839. The fourth-order valence-corrected chi connectivity index (χ4v) is 15.7. The van der Waals surface area contributed by atoms with Crippen LogP contribution < -0.4 is 15.1 Å². The molecule has 1 saturated carbocycles. The molecule has 9 rings (SSSR count). The van der Waals surface area contributed by atoms with Crippen molar-refractivity contribution in [2.45, 2.75) is 94.1 Å². The van der Waals surface area contributed by atoms with E-state index in [9.17, 15) is 0 Å². The summed E-state index contributed by atoms with van der Waals surface area (Å²) in [4.78, 5) is 4.51. The third-order valence-electron chi connectivity index (χ3n) is 12.5. The van der Waals surface area contributed by atoms with Gasteiger partial charge < -0.3 is 13.9 Å². The van der Waals surface area contributed by atoms with Gasteiger partial charge in [0, 0.05) is 42.8 Å². The van der Waals surface area contributed by atoms with E-state index in [1.807, 2.05) is 49.5 Å². The van der Waals surface area contributed by atoms with E-state index in [1.165, 1.54) is 14.3 Å². The molecule has 11 heteroatoms. The maximum Gasteiger partial charge on any atom is 0.261 e. The number of hydrogen-bond donors (Lipinski definition) is 0. The van der Waals surface area contributed by atoms with Gasteiger partial charge in [-0.05, 0) is 91.2 Å². The van der Waals surface area contributed by atoms with Gasteiger partial charge in [-0.3, -0.25) is 4.68 Å². The highest BCUT2D eigenvalue weighted by Crippen LogP contribution is 2.47. The Balaban J connectivity index is 1.09. The quantitative estimate of drug-likeness (QED) is 0.0982. The molecule has 9 nitrogen and oxygen atoms in total. The van der Waals surface area contributed by atoms with Crippen molar-refractivity contribution in [2.24, 2.45) is 5.92 Å². The fraction of sp³-hybridized carbons (Fsp3) is 0.391. The second-order valence-corrected chi connectivity index (χ2v) is 23.8. The Morgan fingerprint density at radius 2 is 1.61 bits per heavy atom. The smallest absolute Gasteiger partial charge is 0.261 e. The standard InChI is InChI=1S/C46H52N4O5SSi/c1-45(2,3)57(39-13-7-5-8-14-39,40-15-9-6-10-16-40)55-38-20-17-35(30-38)41-31-37(54-42-32-49(36-18-19-36)48-43(42)33-23-28-53-29-24-33)21-25-46(41,4)56(51,52)50-27-22-34-12-11-26-47-44(34)50/h5-17,21-22,25-27,31-33,36,38,41H,18-20,23-24,28-30H2,1-4H3. The summed E-state index contributed by atoms with van der Waals surface area (Å²) in [6, 6.07) is 27.3. The lowest BCUT2D eigenvalue weighted by Crippen LogP contribution is -2.67. The second kappa shape index (κ2) is 14.7. The van der Waals surface area contributed by atoms with Crippen molar-refractivity contribution in [3.05, 3.63) is 139 Å². The molecule has 2 fully saturated rings. The first-order valence-corrected chi connectivity index (χ1v) is 23.7. The van der Waals surface area contributed by atoms with Crippen LogP contribution in [-0.2, 0) is 19.2 Å². The van der Waals surface area contributed by atoms with Crippen LogP contribution in [0.2, 0.25) is 5.04 Å². The molecule has 0 spiro atoms. The van der Waals surface area contributed by atoms with Gasteiger partial charge >= 0.3 is 0 Å². The van der Waals surface area contributed by atoms with Crippen LogP contribution in [0.3, 0.4) is 0 Å². The van der Waals surface area contributed by atoms with E-state index < -0.39 is 29.0 Å². The fourth-order valence-electron chi connectivity index (χ4n) is 9.25. The Labute approximate surface area is 337 Å². The van der Waals surface area contributed by atoms with Crippen LogP contribution in [0.5, 0.6) is 5.75 Å². The van der Waals surface area contributed by atoms with Crippen molar-refractivity contribution >= 4 is 39.7 Å². The minimum Gasteiger partial charge on any atom is -0.454 e. The molecule has 0 bridgehead atoms. The summed E-state index contributed by atoms with van der Waals surface area (Å²) in [7, 11) is -6.92. The van der Waals surface area contributed by atoms with Crippen LogP contribution in [0.25, 0.3) is 11.0 Å². The van der Waals surface area contributed by atoms with Gasteiger partial charge in [0.05, 0.1) is 18.3 Å². The highest BCUT2D eigenvalue weighted by molar-refractivity contribution is 7.91. The zero-order chi connectivity index (χ0) is 39.4. The Hall–Kier alpha value is -4.55. The number of benzene rings is 2. The molecular formula is C46H52N4O5SSi. The summed E-state index contributed by atoms with van der Waals surface area (Å²) in [6.07, 6.45) is 18.4. The highest BCUT2D eigenvalue weighted by atomic mass is 32.2. The van der Waals surface area contributed by atoms with Gasteiger partial charge in [0.2, 0.25) is 10.0 Å². The Kier molecular flexibility index (Phi) is 9.78. The largest absolute Gasteiger partial charge is 0.454 e. The number of hydrogen-bond acceptors (Lipinski definition) is 7. The molecule has 3 unspecified atom stereocenters. The maximum absolute atomic E-state index is 15.1. The van der Waals surface area contributed by atoms with E-state index in [0.717, 1.165) is 48.1 Å². The average Bonchev–Trinajstić information content (AvgIpc) is 3.59. The molecule has 4 aliphatic rings. The van der Waals surface area contributed by atoms with Crippen molar-refractivity contribution in [3.8, 4) is 5.75 Å². The van der Waals surface area contributed by atoms with Gasteiger partial charge in [-0.15, -0.1) is 0 Å². The predicted molar refractivity (Wildman–Crippen MR) is 227 cm³/mol. The SMILES string of the molecule is CC(C)(C)[Si](OC1CC=C(C2C=C(Oc3cn(C4CC4)nc3C3CCOCC3)C=CC2(C)S(=O)(=O)n2ccc3cccnc32)C1)(c1ccccc1)c1ccccc1. The number of aromatic nitrogens is 4. The summed E-state index contributed by atoms with van der Waals surface area (Å²) in [5, 5.41) is 8.08. The molecule has 3 aromatic heterocycles. The van der Waals surface area contributed by atoms with Gasteiger partial charge in [-0.1, -0.05) is 99.2 Å². The minimum absolute atomic E-state index is 0.145. The molecule has 2 aromatic carbocycles. The van der Waals surface area contributed by atoms with Crippen molar-refractivity contribution in [1.29, 1.82) is 0 Å². The van der Waals surface area contributed by atoms with E-state index in [2.05, 4.69) is 97.2 Å². The normalized spacial score (nSPS) is 23.4. The molecule has 3 atom stereocenters. The molecule has 5 aromatic rings. The topological polar surface area (TPSA) is 97.5 Å². The third kappa shape index (κ3) is 6.76. The molecule has 0 amide bonds. The first-order valence-electron chi connectivity index (χ1n) is 20.4. The van der Waals surface area contributed by atoms with Crippen LogP contribution in [0, 0.1) is 5.92 Å². The number of ether oxygens (including phenoxy) is 2. The van der Waals surface area contributed by atoms with Gasteiger partial charge in [0.15, 0.2) is 11.4 Å². The Morgan fingerprint density at radius 3 is 2.28 bits per heavy atom. The summed E-state index contributed by atoms with van der Waals surface area (Å²) < 4.78 is 52.4. The van der Waals surface area contributed by atoms with Crippen LogP contribution in [-0.4, -0.2) is 59.5 Å². The Bertz CT molecular complexity index is 2420. The van der Waals surface area contributed by atoms with Crippen LogP contribution in [0.15, 0.2) is 133 Å². The number of fused-ring (bicyclic) bond motifs is 1. The van der Waals surface area contributed by atoms with E-state index in [0.29, 0.717) is 43.5 Å². The van der Waals surface area contributed by atoms with Gasteiger partial charge in [-0.25, -0.2) is 17.4 Å². The average molecular weight is 801 g/mol. The number of rotatable bonds is 11. The minimum atomic E-state index is -4.05.